The van der Waals surface area contributed by atoms with Crippen LogP contribution in [0.25, 0.3) is 0 Å². The van der Waals surface area contributed by atoms with Gasteiger partial charge in [0.15, 0.2) is 0 Å². The topological polar surface area (TPSA) is 58.4 Å². The largest absolute Gasteiger partial charge is 0.331 e. The van der Waals surface area contributed by atoms with Crippen LogP contribution in [0.3, 0.4) is 0 Å². The van der Waals surface area contributed by atoms with E-state index in [9.17, 15) is 9.18 Å². The first kappa shape index (κ1) is 15.1. The first-order chi connectivity index (χ1) is 9.40. The number of carbonyl (C=O) groups is 1. The number of carbonyl (C=O) groups excluding carboxylic acids is 1. The molecule has 3 atom stereocenters. The Morgan fingerprint density at radius 2 is 2.30 bits per heavy atom. The molecule has 1 aliphatic rings. The summed E-state index contributed by atoms with van der Waals surface area (Å²) in [6.45, 7) is 4.41. The van der Waals surface area contributed by atoms with Crippen LogP contribution in [-0.2, 0) is 0 Å². The summed E-state index contributed by atoms with van der Waals surface area (Å²) in [6, 6.07) is 3.74. The molecule has 1 saturated heterocycles. The van der Waals surface area contributed by atoms with Crippen LogP contribution in [0.4, 0.5) is 9.18 Å². The highest BCUT2D eigenvalue weighted by molar-refractivity contribution is 6.31. The van der Waals surface area contributed by atoms with Crippen molar-refractivity contribution in [2.45, 2.75) is 38.4 Å². The molecule has 0 saturated carbocycles. The van der Waals surface area contributed by atoms with Crippen molar-refractivity contribution in [2.24, 2.45) is 5.73 Å². The van der Waals surface area contributed by atoms with Crippen LogP contribution >= 0.6 is 11.6 Å². The number of amides is 2. The molecule has 1 heterocycles. The summed E-state index contributed by atoms with van der Waals surface area (Å²) in [5, 5.41) is 3.18. The minimum atomic E-state index is -0.392. The van der Waals surface area contributed by atoms with Crippen molar-refractivity contribution in [3.05, 3.63) is 34.6 Å². The molecule has 1 aliphatic heterocycles. The van der Waals surface area contributed by atoms with Crippen molar-refractivity contribution in [3.8, 4) is 0 Å². The van der Waals surface area contributed by atoms with Crippen LogP contribution in [0.15, 0.2) is 18.2 Å². The highest BCUT2D eigenvalue weighted by Gasteiger charge is 2.32. The second kappa shape index (κ2) is 5.97. The summed E-state index contributed by atoms with van der Waals surface area (Å²) in [4.78, 5) is 13.9. The Morgan fingerprint density at radius 3 is 2.85 bits per heavy atom. The number of urea groups is 1. The van der Waals surface area contributed by atoms with Crippen molar-refractivity contribution in [1.82, 2.24) is 10.2 Å². The number of hydrogen-bond donors (Lipinski definition) is 2. The van der Waals surface area contributed by atoms with E-state index in [1.165, 1.54) is 12.1 Å². The zero-order valence-electron chi connectivity index (χ0n) is 11.6. The van der Waals surface area contributed by atoms with Crippen molar-refractivity contribution in [1.29, 1.82) is 0 Å². The molecule has 0 unspecified atom stereocenters. The van der Waals surface area contributed by atoms with Crippen molar-refractivity contribution in [3.63, 3.8) is 0 Å². The molecule has 6 heteroatoms. The van der Waals surface area contributed by atoms with Crippen LogP contribution in [0.5, 0.6) is 0 Å². The number of hydrogen-bond acceptors (Lipinski definition) is 2. The number of nitrogens with zero attached hydrogens (tertiary/aromatic N) is 1. The van der Waals surface area contributed by atoms with Crippen LogP contribution in [0.2, 0.25) is 5.02 Å². The average molecular weight is 300 g/mol. The number of nitrogens with two attached hydrogens (primary N) is 1. The van der Waals surface area contributed by atoms with Crippen LogP contribution in [0.1, 0.15) is 31.9 Å². The van der Waals surface area contributed by atoms with Gasteiger partial charge in [0.1, 0.15) is 5.82 Å². The Balaban J connectivity index is 2.04. The lowest BCUT2D eigenvalue weighted by Gasteiger charge is -2.26. The molecule has 0 aliphatic carbocycles. The lowest BCUT2D eigenvalue weighted by atomic mass is 10.1. The lowest BCUT2D eigenvalue weighted by Crippen LogP contribution is -2.46. The smallest absolute Gasteiger partial charge is 0.318 e. The molecule has 2 rings (SSSR count). The first-order valence-electron chi connectivity index (χ1n) is 6.68. The molecule has 0 spiro atoms. The van der Waals surface area contributed by atoms with Gasteiger partial charge in [-0.2, -0.15) is 0 Å². The van der Waals surface area contributed by atoms with E-state index in [1.807, 2.05) is 13.8 Å². The molecule has 0 aromatic heterocycles. The molecule has 2 amide bonds. The Kier molecular flexibility index (Phi) is 4.50. The Morgan fingerprint density at radius 1 is 1.60 bits per heavy atom. The highest BCUT2D eigenvalue weighted by Crippen LogP contribution is 2.24. The van der Waals surface area contributed by atoms with E-state index in [0.29, 0.717) is 17.1 Å². The predicted molar refractivity (Wildman–Crippen MR) is 77.1 cm³/mol. The molecular weight excluding hydrogens is 281 g/mol. The molecule has 0 radical (unpaired) electrons. The van der Waals surface area contributed by atoms with Gasteiger partial charge in [-0.05, 0) is 38.0 Å². The Labute approximate surface area is 123 Å². The average Bonchev–Trinajstić information content (AvgIpc) is 2.69. The molecule has 1 fully saturated rings. The number of benzene rings is 1. The molecule has 4 nitrogen and oxygen atoms in total. The highest BCUT2D eigenvalue weighted by atomic mass is 35.5. The second-order valence-electron chi connectivity index (χ2n) is 5.22. The van der Waals surface area contributed by atoms with E-state index >= 15 is 0 Å². The van der Waals surface area contributed by atoms with Crippen molar-refractivity contribution < 1.29 is 9.18 Å². The molecule has 110 valence electrons. The van der Waals surface area contributed by atoms with Crippen molar-refractivity contribution in [2.75, 3.05) is 6.54 Å². The van der Waals surface area contributed by atoms with Gasteiger partial charge in [-0.1, -0.05) is 17.7 Å². The normalized spacial score (nSPS) is 23.8. The van der Waals surface area contributed by atoms with E-state index < -0.39 is 5.82 Å². The number of nitrogens with one attached hydrogen (secondary N) is 1. The van der Waals surface area contributed by atoms with Gasteiger partial charge in [0.05, 0.1) is 6.04 Å². The zero-order valence-corrected chi connectivity index (χ0v) is 12.3. The van der Waals surface area contributed by atoms with Crippen LogP contribution in [0, 0.1) is 5.82 Å². The summed E-state index contributed by atoms with van der Waals surface area (Å²) in [5.41, 5.74) is 6.60. The van der Waals surface area contributed by atoms with Crippen LogP contribution < -0.4 is 11.1 Å². The van der Waals surface area contributed by atoms with E-state index in [2.05, 4.69) is 5.32 Å². The predicted octanol–water partition coefficient (Wildman–Crippen LogP) is 2.67. The maximum atomic E-state index is 13.0. The van der Waals surface area contributed by atoms with Gasteiger partial charge in [-0.3, -0.25) is 0 Å². The standard InChI is InChI=1S/C14H19ClFN3O/c1-8(11-4-3-10(16)7-12(11)15)18-14(20)19-6-5-13(17)9(19)2/h3-4,7-9,13H,5-6,17H2,1-2H3,(H,18,20)/t8-,9+,13+/m1/s1. The molecule has 0 bridgehead atoms. The molecule has 3 N–H and O–H groups in total. The number of halogens is 2. The minimum Gasteiger partial charge on any atom is -0.331 e. The Hall–Kier alpha value is -1.33. The first-order valence-corrected chi connectivity index (χ1v) is 7.05. The summed E-state index contributed by atoms with van der Waals surface area (Å²) >= 11 is 5.99. The number of rotatable bonds is 2. The lowest BCUT2D eigenvalue weighted by molar-refractivity contribution is 0.191. The monoisotopic (exact) mass is 299 g/mol. The summed E-state index contributed by atoms with van der Waals surface area (Å²) in [6.07, 6.45) is 0.806. The number of likely N-dealkylation sites (tertiary alicyclic amines) is 1. The van der Waals surface area contributed by atoms with E-state index in [-0.39, 0.29) is 24.2 Å². The van der Waals surface area contributed by atoms with Gasteiger partial charge >= 0.3 is 6.03 Å². The fraction of sp³-hybridized carbons (Fsp3) is 0.500. The summed E-state index contributed by atoms with van der Waals surface area (Å²) in [5.74, 6) is -0.392. The Bertz CT molecular complexity index is 511. The SMILES string of the molecule is C[C@@H](NC(=O)N1CC[C@H](N)[C@@H]1C)c1ccc(F)cc1Cl. The van der Waals surface area contributed by atoms with Crippen LogP contribution in [-0.4, -0.2) is 29.6 Å². The molecule has 20 heavy (non-hydrogen) atoms. The molecular formula is C14H19ClFN3O. The molecule has 1 aromatic rings. The van der Waals surface area contributed by atoms with Gasteiger partial charge < -0.3 is 16.0 Å². The third-order valence-electron chi connectivity index (χ3n) is 3.84. The summed E-state index contributed by atoms with van der Waals surface area (Å²) < 4.78 is 13.0. The zero-order chi connectivity index (χ0) is 14.9. The van der Waals surface area contributed by atoms with E-state index in [4.69, 9.17) is 17.3 Å². The van der Waals surface area contributed by atoms with Gasteiger partial charge in [-0.25, -0.2) is 9.18 Å². The van der Waals surface area contributed by atoms with E-state index in [1.54, 1.807) is 11.0 Å². The summed E-state index contributed by atoms with van der Waals surface area (Å²) in [7, 11) is 0. The third kappa shape index (κ3) is 3.04. The van der Waals surface area contributed by atoms with Crippen molar-refractivity contribution >= 4 is 17.6 Å². The quantitative estimate of drug-likeness (QED) is 0.882. The van der Waals surface area contributed by atoms with Gasteiger partial charge in [0, 0.05) is 23.7 Å². The second-order valence-corrected chi connectivity index (χ2v) is 5.63. The van der Waals surface area contributed by atoms with Gasteiger partial charge in [0.2, 0.25) is 0 Å². The fourth-order valence-corrected chi connectivity index (χ4v) is 2.78. The maximum absolute atomic E-state index is 13.0. The molecule has 1 aromatic carbocycles. The van der Waals surface area contributed by atoms with Gasteiger partial charge in [0.25, 0.3) is 0 Å². The third-order valence-corrected chi connectivity index (χ3v) is 4.17. The fourth-order valence-electron chi connectivity index (χ4n) is 2.45. The minimum absolute atomic E-state index is 0.0189. The maximum Gasteiger partial charge on any atom is 0.318 e. The van der Waals surface area contributed by atoms with Gasteiger partial charge in [-0.15, -0.1) is 0 Å². The van der Waals surface area contributed by atoms with E-state index in [0.717, 1.165) is 6.42 Å².